The molecule has 0 radical (unpaired) electrons. The highest BCUT2D eigenvalue weighted by Crippen LogP contribution is 2.22. The number of para-hydroxylation sites is 1. The number of likely N-dealkylation sites (tertiary alicyclic amines) is 1. The van der Waals surface area contributed by atoms with Crippen molar-refractivity contribution >= 4 is 5.91 Å². The van der Waals surface area contributed by atoms with Crippen LogP contribution < -0.4 is 9.47 Å². The lowest BCUT2D eigenvalue weighted by atomic mass is 10.1. The standard InChI is InChI=1S/C22H26FNO3/c1-26-19-9-6-17(7-10-19)8-11-22(25)24-14-12-18(16-24)13-15-27-21-5-3-2-4-20(21)23/h2-7,9-10,18H,8,11-16H2,1H3. The van der Waals surface area contributed by atoms with Crippen molar-refractivity contribution in [1.82, 2.24) is 4.90 Å². The van der Waals surface area contributed by atoms with Crippen LogP contribution in [0.15, 0.2) is 48.5 Å². The molecule has 3 rings (SSSR count). The summed E-state index contributed by atoms with van der Waals surface area (Å²) < 4.78 is 24.2. The molecule has 4 nitrogen and oxygen atoms in total. The first-order valence-electron chi connectivity index (χ1n) is 9.43. The second kappa shape index (κ2) is 9.40. The number of halogens is 1. The fraction of sp³-hybridized carbons (Fsp3) is 0.409. The first kappa shape index (κ1) is 19.2. The second-order valence-corrected chi connectivity index (χ2v) is 6.91. The Morgan fingerprint density at radius 3 is 2.70 bits per heavy atom. The molecule has 1 aliphatic heterocycles. The Hall–Kier alpha value is -2.56. The summed E-state index contributed by atoms with van der Waals surface area (Å²) in [7, 11) is 1.64. The van der Waals surface area contributed by atoms with E-state index in [-0.39, 0.29) is 11.7 Å². The van der Waals surface area contributed by atoms with Gasteiger partial charge in [-0.3, -0.25) is 4.79 Å². The van der Waals surface area contributed by atoms with Crippen LogP contribution in [0.3, 0.4) is 0 Å². The van der Waals surface area contributed by atoms with Gasteiger partial charge in [-0.05, 0) is 55.0 Å². The number of amides is 1. The minimum absolute atomic E-state index is 0.198. The van der Waals surface area contributed by atoms with Gasteiger partial charge in [-0.25, -0.2) is 4.39 Å². The lowest BCUT2D eigenvalue weighted by Gasteiger charge is -2.17. The maximum atomic E-state index is 13.5. The molecule has 2 aromatic rings. The molecule has 0 bridgehead atoms. The van der Waals surface area contributed by atoms with Crippen LogP contribution in [-0.2, 0) is 11.2 Å². The maximum Gasteiger partial charge on any atom is 0.222 e. The van der Waals surface area contributed by atoms with Gasteiger partial charge in [0, 0.05) is 19.5 Å². The number of benzene rings is 2. The molecule has 1 heterocycles. The Balaban J connectivity index is 1.38. The SMILES string of the molecule is COc1ccc(CCC(=O)N2CCC(CCOc3ccccc3F)C2)cc1. The highest BCUT2D eigenvalue weighted by Gasteiger charge is 2.25. The van der Waals surface area contributed by atoms with Crippen LogP contribution in [-0.4, -0.2) is 37.6 Å². The zero-order valence-corrected chi connectivity index (χ0v) is 15.7. The summed E-state index contributed by atoms with van der Waals surface area (Å²) in [6, 6.07) is 14.3. The molecular formula is C22H26FNO3. The lowest BCUT2D eigenvalue weighted by Crippen LogP contribution is -2.29. The lowest BCUT2D eigenvalue weighted by molar-refractivity contribution is -0.130. The van der Waals surface area contributed by atoms with Gasteiger partial charge in [0.25, 0.3) is 0 Å². The second-order valence-electron chi connectivity index (χ2n) is 6.91. The molecule has 0 saturated carbocycles. The fourth-order valence-corrected chi connectivity index (χ4v) is 3.39. The third-order valence-corrected chi connectivity index (χ3v) is 5.05. The van der Waals surface area contributed by atoms with Gasteiger partial charge in [-0.15, -0.1) is 0 Å². The quantitative estimate of drug-likeness (QED) is 0.702. The molecule has 1 atom stereocenters. The third-order valence-electron chi connectivity index (χ3n) is 5.05. The Morgan fingerprint density at radius 2 is 1.96 bits per heavy atom. The van der Waals surface area contributed by atoms with E-state index in [1.807, 2.05) is 29.2 Å². The van der Waals surface area contributed by atoms with E-state index in [1.165, 1.54) is 6.07 Å². The minimum Gasteiger partial charge on any atom is -0.497 e. The van der Waals surface area contributed by atoms with Crippen molar-refractivity contribution in [3.05, 3.63) is 59.9 Å². The van der Waals surface area contributed by atoms with Crippen LogP contribution in [0.2, 0.25) is 0 Å². The van der Waals surface area contributed by atoms with Gasteiger partial charge in [0.15, 0.2) is 11.6 Å². The molecule has 5 heteroatoms. The van der Waals surface area contributed by atoms with Crippen molar-refractivity contribution in [2.24, 2.45) is 5.92 Å². The normalized spacial score (nSPS) is 16.4. The smallest absolute Gasteiger partial charge is 0.222 e. The Morgan fingerprint density at radius 1 is 1.19 bits per heavy atom. The minimum atomic E-state index is -0.334. The number of carbonyl (C=O) groups excluding carboxylic acids is 1. The number of aryl methyl sites for hydroxylation is 1. The predicted octanol–water partition coefficient (Wildman–Crippen LogP) is 4.08. The summed E-state index contributed by atoms with van der Waals surface area (Å²) in [5.41, 5.74) is 1.14. The van der Waals surface area contributed by atoms with Crippen LogP contribution in [0.4, 0.5) is 4.39 Å². The summed E-state index contributed by atoms with van der Waals surface area (Å²) in [5.74, 6) is 1.40. The van der Waals surface area contributed by atoms with E-state index in [0.717, 1.165) is 43.7 Å². The third kappa shape index (κ3) is 5.46. The molecule has 0 aliphatic carbocycles. The first-order valence-corrected chi connectivity index (χ1v) is 9.43. The van der Waals surface area contributed by atoms with E-state index in [9.17, 15) is 9.18 Å². The number of ether oxygens (including phenoxy) is 2. The van der Waals surface area contributed by atoms with Crippen molar-refractivity contribution in [1.29, 1.82) is 0 Å². The van der Waals surface area contributed by atoms with Crippen molar-refractivity contribution in [3.63, 3.8) is 0 Å². The van der Waals surface area contributed by atoms with E-state index >= 15 is 0 Å². The number of hydrogen-bond donors (Lipinski definition) is 0. The molecule has 1 fully saturated rings. The Kier molecular flexibility index (Phi) is 6.69. The van der Waals surface area contributed by atoms with E-state index in [0.29, 0.717) is 24.7 Å². The highest BCUT2D eigenvalue weighted by atomic mass is 19.1. The maximum absolute atomic E-state index is 13.5. The van der Waals surface area contributed by atoms with Crippen molar-refractivity contribution in [2.75, 3.05) is 26.8 Å². The number of nitrogens with zero attached hydrogens (tertiary/aromatic N) is 1. The predicted molar refractivity (Wildman–Crippen MR) is 103 cm³/mol. The molecule has 1 unspecified atom stereocenters. The van der Waals surface area contributed by atoms with Gasteiger partial charge in [0.05, 0.1) is 13.7 Å². The van der Waals surface area contributed by atoms with Crippen molar-refractivity contribution in [3.8, 4) is 11.5 Å². The van der Waals surface area contributed by atoms with E-state index in [2.05, 4.69) is 0 Å². The summed E-state index contributed by atoms with van der Waals surface area (Å²) in [5, 5.41) is 0. The van der Waals surface area contributed by atoms with E-state index in [1.54, 1.807) is 25.3 Å². The summed E-state index contributed by atoms with van der Waals surface area (Å²) in [6.45, 7) is 2.04. The molecule has 2 aromatic carbocycles. The fourth-order valence-electron chi connectivity index (χ4n) is 3.39. The average molecular weight is 371 g/mol. The molecule has 0 N–H and O–H groups in total. The summed E-state index contributed by atoms with van der Waals surface area (Å²) in [6.07, 6.45) is 3.07. The topological polar surface area (TPSA) is 38.8 Å². The number of methoxy groups -OCH3 is 1. The molecule has 0 spiro atoms. The average Bonchev–Trinajstić information content (AvgIpc) is 3.17. The van der Waals surface area contributed by atoms with Crippen molar-refractivity contribution < 1.29 is 18.7 Å². The Labute approximate surface area is 159 Å². The molecule has 0 aromatic heterocycles. The molecule has 27 heavy (non-hydrogen) atoms. The number of hydrogen-bond acceptors (Lipinski definition) is 3. The van der Waals surface area contributed by atoms with Gasteiger partial charge in [0.1, 0.15) is 5.75 Å². The van der Waals surface area contributed by atoms with Crippen LogP contribution in [0.25, 0.3) is 0 Å². The van der Waals surface area contributed by atoms with Gasteiger partial charge in [-0.2, -0.15) is 0 Å². The van der Waals surface area contributed by atoms with E-state index in [4.69, 9.17) is 9.47 Å². The van der Waals surface area contributed by atoms with Gasteiger partial charge in [0.2, 0.25) is 5.91 Å². The summed E-state index contributed by atoms with van der Waals surface area (Å²) in [4.78, 5) is 14.4. The van der Waals surface area contributed by atoms with Crippen LogP contribution in [0.1, 0.15) is 24.8 Å². The number of carbonyl (C=O) groups is 1. The van der Waals surface area contributed by atoms with Gasteiger partial charge >= 0.3 is 0 Å². The zero-order valence-electron chi connectivity index (χ0n) is 15.7. The van der Waals surface area contributed by atoms with Gasteiger partial charge in [-0.1, -0.05) is 24.3 Å². The Bertz CT molecular complexity index is 747. The molecule has 144 valence electrons. The first-order chi connectivity index (χ1) is 13.2. The van der Waals surface area contributed by atoms with Crippen LogP contribution in [0, 0.1) is 11.7 Å². The highest BCUT2D eigenvalue weighted by molar-refractivity contribution is 5.76. The monoisotopic (exact) mass is 371 g/mol. The summed E-state index contributed by atoms with van der Waals surface area (Å²) >= 11 is 0. The molecule has 1 saturated heterocycles. The molecule has 1 amide bonds. The van der Waals surface area contributed by atoms with Crippen LogP contribution >= 0.6 is 0 Å². The zero-order chi connectivity index (χ0) is 19.1. The van der Waals surface area contributed by atoms with E-state index < -0.39 is 0 Å². The van der Waals surface area contributed by atoms with Gasteiger partial charge < -0.3 is 14.4 Å². The molecule has 1 aliphatic rings. The van der Waals surface area contributed by atoms with Crippen LogP contribution in [0.5, 0.6) is 11.5 Å². The molecular weight excluding hydrogens is 345 g/mol. The van der Waals surface area contributed by atoms with Crippen molar-refractivity contribution in [2.45, 2.75) is 25.7 Å². The largest absolute Gasteiger partial charge is 0.497 e. The number of rotatable bonds is 8.